The van der Waals surface area contributed by atoms with Crippen molar-refractivity contribution in [1.29, 1.82) is 0 Å². The summed E-state index contributed by atoms with van der Waals surface area (Å²) in [4.78, 5) is 0. The normalized spacial score (nSPS) is 25.8. The molecule has 100 valence electrons. The molecule has 0 saturated heterocycles. The van der Waals surface area contributed by atoms with Crippen LogP contribution in [0.5, 0.6) is 0 Å². The van der Waals surface area contributed by atoms with E-state index in [1.165, 1.54) is 24.8 Å². The van der Waals surface area contributed by atoms with Crippen LogP contribution in [-0.2, 0) is 0 Å². The van der Waals surface area contributed by atoms with Gasteiger partial charge < -0.3 is 5.32 Å². The Hall–Kier alpha value is -0.890. The van der Waals surface area contributed by atoms with Gasteiger partial charge in [0.2, 0.25) is 0 Å². The first-order chi connectivity index (χ1) is 8.67. The van der Waals surface area contributed by atoms with Gasteiger partial charge in [0.25, 0.3) is 0 Å². The van der Waals surface area contributed by atoms with Crippen molar-refractivity contribution in [3.05, 3.63) is 35.6 Å². The topological polar surface area (TPSA) is 12.0 Å². The van der Waals surface area contributed by atoms with Gasteiger partial charge in [0.05, 0.1) is 0 Å². The minimum atomic E-state index is -0.139. The third kappa shape index (κ3) is 2.07. The molecular formula is C16H24FN. The Labute approximate surface area is 110 Å². The highest BCUT2D eigenvalue weighted by atomic mass is 19.1. The van der Waals surface area contributed by atoms with Gasteiger partial charge in [-0.2, -0.15) is 0 Å². The van der Waals surface area contributed by atoms with E-state index < -0.39 is 0 Å². The predicted molar refractivity (Wildman–Crippen MR) is 74.2 cm³/mol. The molecule has 1 aliphatic rings. The molecule has 1 saturated carbocycles. The van der Waals surface area contributed by atoms with Gasteiger partial charge in [-0.25, -0.2) is 4.39 Å². The fourth-order valence-corrected chi connectivity index (χ4v) is 3.72. The quantitative estimate of drug-likeness (QED) is 0.828. The van der Waals surface area contributed by atoms with Crippen LogP contribution in [0.3, 0.4) is 0 Å². The van der Waals surface area contributed by atoms with Crippen molar-refractivity contribution in [2.45, 2.75) is 52.0 Å². The largest absolute Gasteiger partial charge is 0.314 e. The molecule has 0 spiro atoms. The summed E-state index contributed by atoms with van der Waals surface area (Å²) in [6.45, 7) is 7.76. The van der Waals surface area contributed by atoms with Crippen molar-refractivity contribution in [2.75, 3.05) is 6.54 Å². The van der Waals surface area contributed by atoms with Gasteiger partial charge in [0, 0.05) is 6.04 Å². The van der Waals surface area contributed by atoms with E-state index in [1.807, 2.05) is 12.1 Å². The number of rotatable bonds is 5. The number of hydrogen-bond donors (Lipinski definition) is 1. The number of nitrogens with one attached hydrogen (secondary N) is 1. The maximum absolute atomic E-state index is 13.0. The van der Waals surface area contributed by atoms with Crippen LogP contribution < -0.4 is 5.32 Å². The Balaban J connectivity index is 2.21. The molecule has 0 heterocycles. The van der Waals surface area contributed by atoms with Crippen molar-refractivity contribution in [2.24, 2.45) is 5.41 Å². The Kier molecular flexibility index (Phi) is 4.06. The predicted octanol–water partition coefficient (Wildman–Crippen LogP) is 4.10. The minimum Gasteiger partial charge on any atom is -0.314 e. The maximum atomic E-state index is 13.0. The second-order valence-electron chi connectivity index (χ2n) is 5.39. The van der Waals surface area contributed by atoms with Crippen molar-refractivity contribution < 1.29 is 4.39 Å². The van der Waals surface area contributed by atoms with Crippen LogP contribution in [0.2, 0.25) is 0 Å². The summed E-state index contributed by atoms with van der Waals surface area (Å²) >= 11 is 0. The zero-order valence-electron chi connectivity index (χ0n) is 11.7. The van der Waals surface area contributed by atoms with E-state index in [2.05, 4.69) is 26.1 Å². The van der Waals surface area contributed by atoms with Crippen LogP contribution in [0, 0.1) is 11.2 Å². The summed E-state index contributed by atoms with van der Waals surface area (Å²) in [6, 6.07) is 7.72. The summed E-state index contributed by atoms with van der Waals surface area (Å²) in [7, 11) is 0. The molecule has 0 aromatic heterocycles. The summed E-state index contributed by atoms with van der Waals surface area (Å²) in [5.41, 5.74) is 1.66. The first kappa shape index (κ1) is 13.5. The minimum absolute atomic E-state index is 0.139. The smallest absolute Gasteiger partial charge is 0.123 e. The van der Waals surface area contributed by atoms with E-state index >= 15 is 0 Å². The monoisotopic (exact) mass is 249 g/mol. The second-order valence-corrected chi connectivity index (χ2v) is 5.39. The van der Waals surface area contributed by atoms with Crippen molar-refractivity contribution in [1.82, 2.24) is 5.32 Å². The number of hydrogen-bond acceptors (Lipinski definition) is 1. The van der Waals surface area contributed by atoms with Gasteiger partial charge >= 0.3 is 0 Å². The lowest BCUT2D eigenvalue weighted by atomic mass is 9.52. The van der Waals surface area contributed by atoms with E-state index in [4.69, 9.17) is 0 Å². The lowest BCUT2D eigenvalue weighted by Gasteiger charge is -2.56. The molecule has 1 N–H and O–H groups in total. The Bertz CT molecular complexity index is 381. The molecule has 0 amide bonds. The third-order valence-electron chi connectivity index (χ3n) is 4.90. The molecule has 1 aromatic carbocycles. The van der Waals surface area contributed by atoms with E-state index in [9.17, 15) is 4.39 Å². The fourth-order valence-electron chi connectivity index (χ4n) is 3.72. The van der Waals surface area contributed by atoms with Gasteiger partial charge in [-0.1, -0.05) is 32.9 Å². The standard InChI is InChI=1S/C16H24FN/c1-4-16(5-2)14(11-15(16)18-6-3)12-7-9-13(17)10-8-12/h7-10,14-15,18H,4-6,11H2,1-3H3. The summed E-state index contributed by atoms with van der Waals surface area (Å²) in [5, 5.41) is 3.61. The molecule has 2 atom stereocenters. The Morgan fingerprint density at radius 2 is 1.78 bits per heavy atom. The van der Waals surface area contributed by atoms with E-state index in [1.54, 1.807) is 12.1 Å². The maximum Gasteiger partial charge on any atom is 0.123 e. The van der Waals surface area contributed by atoms with Crippen molar-refractivity contribution in [3.63, 3.8) is 0 Å². The molecular weight excluding hydrogens is 225 g/mol. The molecule has 0 radical (unpaired) electrons. The molecule has 1 aliphatic carbocycles. The molecule has 2 unspecified atom stereocenters. The molecule has 0 bridgehead atoms. The van der Waals surface area contributed by atoms with Crippen LogP contribution in [-0.4, -0.2) is 12.6 Å². The summed E-state index contributed by atoms with van der Waals surface area (Å²) in [5.74, 6) is 0.442. The van der Waals surface area contributed by atoms with E-state index in [-0.39, 0.29) is 5.82 Å². The second kappa shape index (κ2) is 5.40. The average Bonchev–Trinajstić information content (AvgIpc) is 2.37. The Morgan fingerprint density at radius 3 is 2.28 bits per heavy atom. The number of halogens is 1. The van der Waals surface area contributed by atoms with Crippen LogP contribution in [0.4, 0.5) is 4.39 Å². The molecule has 2 rings (SSSR count). The van der Waals surface area contributed by atoms with Crippen molar-refractivity contribution in [3.8, 4) is 0 Å². The van der Waals surface area contributed by atoms with Crippen LogP contribution in [0.15, 0.2) is 24.3 Å². The SMILES string of the molecule is CCNC1CC(c2ccc(F)cc2)C1(CC)CC. The van der Waals surface area contributed by atoms with Crippen LogP contribution in [0.25, 0.3) is 0 Å². The zero-order chi connectivity index (χ0) is 13.2. The van der Waals surface area contributed by atoms with Gasteiger partial charge in [-0.15, -0.1) is 0 Å². The van der Waals surface area contributed by atoms with Crippen LogP contribution in [0.1, 0.15) is 51.5 Å². The lowest BCUT2D eigenvalue weighted by Crippen LogP contribution is -2.58. The third-order valence-corrected chi connectivity index (χ3v) is 4.90. The first-order valence-electron chi connectivity index (χ1n) is 7.16. The molecule has 1 aromatic rings. The van der Waals surface area contributed by atoms with E-state index in [0.29, 0.717) is 17.4 Å². The lowest BCUT2D eigenvalue weighted by molar-refractivity contribution is 0.0210. The Morgan fingerprint density at radius 1 is 1.17 bits per heavy atom. The van der Waals surface area contributed by atoms with Crippen molar-refractivity contribution >= 4 is 0 Å². The first-order valence-corrected chi connectivity index (χ1v) is 7.16. The summed E-state index contributed by atoms with van der Waals surface area (Å²) < 4.78 is 13.0. The molecule has 0 aliphatic heterocycles. The van der Waals surface area contributed by atoms with E-state index in [0.717, 1.165) is 6.54 Å². The van der Waals surface area contributed by atoms with Gasteiger partial charge in [0.15, 0.2) is 0 Å². The van der Waals surface area contributed by atoms with Gasteiger partial charge in [-0.05, 0) is 54.8 Å². The summed E-state index contributed by atoms with van der Waals surface area (Å²) in [6.07, 6.45) is 3.55. The number of benzene rings is 1. The molecule has 1 fully saturated rings. The molecule has 2 heteroatoms. The zero-order valence-corrected chi connectivity index (χ0v) is 11.7. The molecule has 18 heavy (non-hydrogen) atoms. The highest BCUT2D eigenvalue weighted by Gasteiger charge is 2.52. The average molecular weight is 249 g/mol. The van der Waals surface area contributed by atoms with Crippen LogP contribution >= 0.6 is 0 Å². The molecule has 1 nitrogen and oxygen atoms in total. The van der Waals surface area contributed by atoms with Gasteiger partial charge in [-0.3, -0.25) is 0 Å². The fraction of sp³-hybridized carbons (Fsp3) is 0.625. The highest BCUT2D eigenvalue weighted by Crippen LogP contribution is 2.57. The highest BCUT2D eigenvalue weighted by molar-refractivity contribution is 5.28. The van der Waals surface area contributed by atoms with Gasteiger partial charge in [0.1, 0.15) is 5.82 Å².